The predicted molar refractivity (Wildman–Crippen MR) is 110 cm³/mol. The van der Waals surface area contributed by atoms with Crippen LogP contribution in [0.3, 0.4) is 0 Å². The molecule has 1 amide bonds. The highest BCUT2D eigenvalue weighted by Gasteiger charge is 2.14. The molecule has 1 N–H and O–H groups in total. The fraction of sp³-hybridized carbons (Fsp3) is 0.333. The summed E-state index contributed by atoms with van der Waals surface area (Å²) in [6, 6.07) is 9.54. The number of benzene rings is 1. The minimum absolute atomic E-state index is 0.0358. The smallest absolute Gasteiger partial charge is 0.219 e. The molecule has 0 spiro atoms. The quantitative estimate of drug-likeness (QED) is 0.785. The van der Waals surface area contributed by atoms with E-state index in [0.29, 0.717) is 16.7 Å². The fourth-order valence-electron chi connectivity index (χ4n) is 3.03. The molecule has 1 aliphatic heterocycles. The van der Waals surface area contributed by atoms with Crippen molar-refractivity contribution in [3.8, 4) is 11.6 Å². The lowest BCUT2D eigenvalue weighted by Crippen LogP contribution is -2.28. The molecule has 6 heteroatoms. The molecule has 0 saturated carbocycles. The number of carbonyl (C=O) groups excluding carboxylic acids is 1. The predicted octanol–water partition coefficient (Wildman–Crippen LogP) is 4.67. The van der Waals surface area contributed by atoms with E-state index in [4.69, 9.17) is 16.3 Å². The van der Waals surface area contributed by atoms with E-state index in [1.807, 2.05) is 43.3 Å². The van der Waals surface area contributed by atoms with Crippen molar-refractivity contribution in [1.29, 1.82) is 0 Å². The van der Waals surface area contributed by atoms with Gasteiger partial charge in [-0.05, 0) is 49.6 Å². The number of hydrogen-bond donors (Lipinski definition) is 1. The Labute approximate surface area is 165 Å². The zero-order valence-corrected chi connectivity index (χ0v) is 16.4. The number of pyridine rings is 1. The zero-order chi connectivity index (χ0) is 19.2. The SMILES string of the molecule is CC(=O)N[C@@H](C)C=Cc1ccc(Oc2ccc(N3CCCC3)cc2Cl)nc1. The monoisotopic (exact) mass is 385 g/mol. The molecule has 1 aromatic carbocycles. The number of nitrogens with zero attached hydrogens (tertiary/aromatic N) is 2. The molecule has 3 rings (SSSR count). The largest absolute Gasteiger partial charge is 0.437 e. The van der Waals surface area contributed by atoms with Gasteiger partial charge in [-0.2, -0.15) is 0 Å². The molecule has 1 fully saturated rings. The highest BCUT2D eigenvalue weighted by molar-refractivity contribution is 6.32. The molecule has 2 heterocycles. The standard InChI is InChI=1S/C21H24ClN3O2/c1-15(24-16(2)26)5-6-17-7-10-21(23-14-17)27-20-9-8-18(13-19(20)22)25-11-3-4-12-25/h5-10,13-15H,3-4,11-12H2,1-2H3,(H,24,26)/t15-/m0/s1. The number of anilines is 1. The van der Waals surface area contributed by atoms with Crippen molar-refractivity contribution >= 4 is 29.3 Å². The van der Waals surface area contributed by atoms with E-state index in [2.05, 4.69) is 15.2 Å². The molecule has 0 bridgehead atoms. The van der Waals surface area contributed by atoms with Gasteiger partial charge in [-0.15, -0.1) is 0 Å². The lowest BCUT2D eigenvalue weighted by atomic mass is 10.2. The van der Waals surface area contributed by atoms with Crippen molar-refractivity contribution in [2.24, 2.45) is 0 Å². The first-order chi connectivity index (χ1) is 13.0. The summed E-state index contributed by atoms with van der Waals surface area (Å²) in [5.74, 6) is 1.02. The van der Waals surface area contributed by atoms with Crippen LogP contribution in [0.1, 0.15) is 32.3 Å². The van der Waals surface area contributed by atoms with Crippen LogP contribution < -0.4 is 15.0 Å². The van der Waals surface area contributed by atoms with Crippen LogP contribution >= 0.6 is 11.6 Å². The van der Waals surface area contributed by atoms with Crippen LogP contribution in [0.2, 0.25) is 5.02 Å². The average Bonchev–Trinajstić information content (AvgIpc) is 3.17. The number of nitrogens with one attached hydrogen (secondary N) is 1. The van der Waals surface area contributed by atoms with E-state index in [9.17, 15) is 4.79 Å². The van der Waals surface area contributed by atoms with Crippen LogP contribution in [0.15, 0.2) is 42.6 Å². The molecular formula is C21H24ClN3O2. The van der Waals surface area contributed by atoms with Gasteiger partial charge < -0.3 is 15.0 Å². The third kappa shape index (κ3) is 5.47. The van der Waals surface area contributed by atoms with Crippen molar-refractivity contribution in [1.82, 2.24) is 10.3 Å². The summed E-state index contributed by atoms with van der Waals surface area (Å²) in [5, 5.41) is 3.38. The van der Waals surface area contributed by atoms with Crippen molar-refractivity contribution in [3.63, 3.8) is 0 Å². The van der Waals surface area contributed by atoms with E-state index in [-0.39, 0.29) is 11.9 Å². The Morgan fingerprint density at radius 3 is 2.70 bits per heavy atom. The lowest BCUT2D eigenvalue weighted by molar-refractivity contribution is -0.119. The molecule has 0 aliphatic carbocycles. The minimum Gasteiger partial charge on any atom is -0.437 e. The topological polar surface area (TPSA) is 54.5 Å². The molecular weight excluding hydrogens is 362 g/mol. The summed E-state index contributed by atoms with van der Waals surface area (Å²) in [4.78, 5) is 17.7. The maximum Gasteiger partial charge on any atom is 0.219 e. The summed E-state index contributed by atoms with van der Waals surface area (Å²) >= 11 is 6.39. The number of rotatable bonds is 6. The van der Waals surface area contributed by atoms with E-state index in [1.54, 1.807) is 12.3 Å². The van der Waals surface area contributed by atoms with Crippen LogP contribution in [0.4, 0.5) is 5.69 Å². The van der Waals surface area contributed by atoms with Gasteiger partial charge in [0, 0.05) is 44.0 Å². The lowest BCUT2D eigenvalue weighted by Gasteiger charge is -2.18. The van der Waals surface area contributed by atoms with E-state index in [1.165, 1.54) is 19.8 Å². The molecule has 1 aromatic heterocycles. The van der Waals surface area contributed by atoms with E-state index < -0.39 is 0 Å². The molecule has 2 aromatic rings. The Balaban J connectivity index is 1.62. The Kier molecular flexibility index (Phi) is 6.35. The van der Waals surface area contributed by atoms with E-state index >= 15 is 0 Å². The van der Waals surface area contributed by atoms with Gasteiger partial charge in [0.05, 0.1) is 5.02 Å². The Hall–Kier alpha value is -2.53. The van der Waals surface area contributed by atoms with Gasteiger partial charge in [0.25, 0.3) is 0 Å². The highest BCUT2D eigenvalue weighted by Crippen LogP contribution is 2.33. The number of carbonyl (C=O) groups is 1. The summed E-state index contributed by atoms with van der Waals surface area (Å²) in [6.07, 6.45) is 8.00. The molecule has 1 saturated heterocycles. The van der Waals surface area contributed by atoms with Crippen molar-refractivity contribution in [2.75, 3.05) is 18.0 Å². The summed E-state index contributed by atoms with van der Waals surface area (Å²) < 4.78 is 5.82. The first kappa shape index (κ1) is 19.2. The van der Waals surface area contributed by atoms with Crippen LogP contribution in [-0.2, 0) is 4.79 Å². The number of amides is 1. The molecule has 142 valence electrons. The summed E-state index contributed by atoms with van der Waals surface area (Å²) in [7, 11) is 0. The second-order valence-electron chi connectivity index (χ2n) is 6.69. The Morgan fingerprint density at radius 2 is 2.07 bits per heavy atom. The normalized spacial score (nSPS) is 15.1. The third-order valence-electron chi connectivity index (χ3n) is 4.37. The maximum absolute atomic E-state index is 11.0. The first-order valence-electron chi connectivity index (χ1n) is 9.15. The van der Waals surface area contributed by atoms with Crippen molar-refractivity contribution in [3.05, 3.63) is 53.2 Å². The van der Waals surface area contributed by atoms with Gasteiger partial charge in [-0.3, -0.25) is 4.79 Å². The number of hydrogen-bond acceptors (Lipinski definition) is 4. The maximum atomic E-state index is 11.0. The molecule has 1 atom stereocenters. The molecule has 0 unspecified atom stereocenters. The summed E-state index contributed by atoms with van der Waals surface area (Å²) in [6.45, 7) is 5.57. The van der Waals surface area contributed by atoms with Gasteiger partial charge in [0.2, 0.25) is 11.8 Å². The Bertz CT molecular complexity index is 815. The van der Waals surface area contributed by atoms with Crippen LogP contribution in [0.5, 0.6) is 11.6 Å². The number of aromatic nitrogens is 1. The zero-order valence-electron chi connectivity index (χ0n) is 15.6. The van der Waals surface area contributed by atoms with Crippen molar-refractivity contribution < 1.29 is 9.53 Å². The van der Waals surface area contributed by atoms with Crippen molar-refractivity contribution in [2.45, 2.75) is 32.7 Å². The van der Waals surface area contributed by atoms with E-state index in [0.717, 1.165) is 24.3 Å². The summed E-state index contributed by atoms with van der Waals surface area (Å²) in [5.41, 5.74) is 2.06. The minimum atomic E-state index is -0.0540. The average molecular weight is 386 g/mol. The van der Waals surface area contributed by atoms with Gasteiger partial charge in [0.15, 0.2) is 0 Å². The number of halogens is 1. The molecule has 0 radical (unpaired) electrons. The molecule has 27 heavy (non-hydrogen) atoms. The number of ether oxygens (including phenoxy) is 1. The van der Waals surface area contributed by atoms with Gasteiger partial charge in [0.1, 0.15) is 5.75 Å². The van der Waals surface area contributed by atoms with Gasteiger partial charge >= 0.3 is 0 Å². The Morgan fingerprint density at radius 1 is 1.30 bits per heavy atom. The molecule has 5 nitrogen and oxygen atoms in total. The third-order valence-corrected chi connectivity index (χ3v) is 4.66. The van der Waals surface area contributed by atoms with Crippen LogP contribution in [0.25, 0.3) is 6.08 Å². The highest BCUT2D eigenvalue weighted by atomic mass is 35.5. The van der Waals surface area contributed by atoms with Gasteiger partial charge in [-0.25, -0.2) is 4.98 Å². The van der Waals surface area contributed by atoms with Crippen LogP contribution in [-0.4, -0.2) is 30.0 Å². The van der Waals surface area contributed by atoms with Gasteiger partial charge in [-0.1, -0.05) is 23.8 Å². The van der Waals surface area contributed by atoms with Crippen LogP contribution in [0, 0.1) is 0 Å². The second kappa shape index (κ2) is 8.91. The fourth-order valence-corrected chi connectivity index (χ4v) is 3.25. The first-order valence-corrected chi connectivity index (χ1v) is 9.53. The second-order valence-corrected chi connectivity index (χ2v) is 7.10. The molecule has 1 aliphatic rings.